The van der Waals surface area contributed by atoms with Crippen LogP contribution in [0.2, 0.25) is 0 Å². The molecule has 1 aromatic carbocycles. The van der Waals surface area contributed by atoms with Gasteiger partial charge in [0.05, 0.1) is 0 Å². The van der Waals surface area contributed by atoms with E-state index >= 15 is 0 Å². The molecule has 2 atom stereocenters. The van der Waals surface area contributed by atoms with Crippen LogP contribution < -0.4 is 5.32 Å². The quantitative estimate of drug-likeness (QED) is 0.823. The van der Waals surface area contributed by atoms with Crippen molar-refractivity contribution in [3.63, 3.8) is 0 Å². The maximum absolute atomic E-state index is 3.52. The molecule has 100 valence electrons. The van der Waals surface area contributed by atoms with E-state index in [4.69, 9.17) is 0 Å². The fourth-order valence-corrected chi connectivity index (χ4v) is 3.19. The van der Waals surface area contributed by atoms with Crippen molar-refractivity contribution in [1.29, 1.82) is 0 Å². The summed E-state index contributed by atoms with van der Waals surface area (Å²) in [6, 6.07) is 7.60. The average Bonchev–Trinajstić information content (AvgIpc) is 2.98. The highest BCUT2D eigenvalue weighted by atomic mass is 14.9. The van der Waals surface area contributed by atoms with Gasteiger partial charge in [-0.15, -0.1) is 0 Å². The molecule has 18 heavy (non-hydrogen) atoms. The molecule has 0 spiro atoms. The number of benzene rings is 1. The summed E-state index contributed by atoms with van der Waals surface area (Å²) < 4.78 is 0. The minimum absolute atomic E-state index is 0.517. The van der Waals surface area contributed by atoms with Crippen molar-refractivity contribution in [3.05, 3.63) is 34.9 Å². The molecule has 0 aliphatic heterocycles. The highest BCUT2D eigenvalue weighted by Gasteiger charge is 2.50. The summed E-state index contributed by atoms with van der Waals surface area (Å²) in [6.07, 6.45) is 3.62. The molecule has 1 saturated carbocycles. The van der Waals surface area contributed by atoms with E-state index in [2.05, 4.69) is 58.3 Å². The Bertz CT molecular complexity index is 420. The summed E-state index contributed by atoms with van der Waals surface area (Å²) in [7, 11) is 2.10. The van der Waals surface area contributed by atoms with Crippen LogP contribution in [-0.2, 0) is 12.8 Å². The zero-order valence-electron chi connectivity index (χ0n) is 12.5. The van der Waals surface area contributed by atoms with Gasteiger partial charge in [0.15, 0.2) is 0 Å². The van der Waals surface area contributed by atoms with E-state index in [-0.39, 0.29) is 0 Å². The van der Waals surface area contributed by atoms with Crippen molar-refractivity contribution in [2.24, 2.45) is 11.3 Å². The Hall–Kier alpha value is -0.820. The Morgan fingerprint density at radius 3 is 2.28 bits per heavy atom. The van der Waals surface area contributed by atoms with E-state index in [0.29, 0.717) is 11.5 Å². The van der Waals surface area contributed by atoms with Crippen LogP contribution in [0, 0.1) is 11.3 Å². The Morgan fingerprint density at radius 2 is 1.83 bits per heavy atom. The minimum Gasteiger partial charge on any atom is -0.313 e. The molecule has 0 heterocycles. The van der Waals surface area contributed by atoms with Crippen molar-refractivity contribution in [3.8, 4) is 0 Å². The van der Waals surface area contributed by atoms with Crippen molar-refractivity contribution < 1.29 is 0 Å². The van der Waals surface area contributed by atoms with Crippen LogP contribution in [0.4, 0.5) is 0 Å². The van der Waals surface area contributed by atoms with E-state index in [1.807, 2.05) is 0 Å². The first-order valence-corrected chi connectivity index (χ1v) is 7.32. The topological polar surface area (TPSA) is 12.0 Å². The summed E-state index contributed by atoms with van der Waals surface area (Å²) in [5.41, 5.74) is 5.02. The Kier molecular flexibility index (Phi) is 3.82. The normalized spacial score (nSPS) is 22.8. The summed E-state index contributed by atoms with van der Waals surface area (Å²) in [5.74, 6) is 0.791. The third-order valence-corrected chi connectivity index (χ3v) is 4.65. The standard InChI is InChI=1S/C17H27N/c1-6-12-8-9-14(10-13(12)7-2)16(18-5)15-11-17(15,3)4/h8-10,15-16,18H,6-7,11H2,1-5H3. The van der Waals surface area contributed by atoms with Crippen LogP contribution >= 0.6 is 0 Å². The van der Waals surface area contributed by atoms with Gasteiger partial charge in [0.1, 0.15) is 0 Å². The first kappa shape index (κ1) is 13.6. The predicted octanol–water partition coefficient (Wildman–Crippen LogP) is 4.12. The minimum atomic E-state index is 0.517. The monoisotopic (exact) mass is 245 g/mol. The third-order valence-electron chi connectivity index (χ3n) is 4.65. The molecular formula is C17H27N. The van der Waals surface area contributed by atoms with Crippen LogP contribution in [0.25, 0.3) is 0 Å². The third kappa shape index (κ3) is 2.47. The maximum Gasteiger partial charge on any atom is 0.0351 e. The highest BCUT2D eigenvalue weighted by Crippen LogP contribution is 2.57. The van der Waals surface area contributed by atoms with Gasteiger partial charge < -0.3 is 5.32 Å². The maximum atomic E-state index is 3.52. The van der Waals surface area contributed by atoms with Crippen molar-refractivity contribution in [2.75, 3.05) is 7.05 Å². The van der Waals surface area contributed by atoms with E-state index in [1.165, 1.54) is 23.1 Å². The van der Waals surface area contributed by atoms with Gasteiger partial charge in [-0.2, -0.15) is 0 Å². The molecule has 0 amide bonds. The van der Waals surface area contributed by atoms with E-state index < -0.39 is 0 Å². The summed E-state index contributed by atoms with van der Waals surface area (Å²) in [4.78, 5) is 0. The smallest absolute Gasteiger partial charge is 0.0351 e. The van der Waals surface area contributed by atoms with E-state index in [0.717, 1.165) is 18.8 Å². The Balaban J connectivity index is 2.27. The zero-order valence-corrected chi connectivity index (χ0v) is 12.5. The number of aryl methyl sites for hydroxylation is 2. The second-order valence-electron chi connectivity index (χ2n) is 6.30. The van der Waals surface area contributed by atoms with Gasteiger partial charge in [-0.05, 0) is 54.3 Å². The summed E-state index contributed by atoms with van der Waals surface area (Å²) in [6.45, 7) is 9.26. The molecular weight excluding hydrogens is 218 g/mol. The molecule has 2 rings (SSSR count). The molecule has 2 unspecified atom stereocenters. The Morgan fingerprint density at radius 1 is 1.22 bits per heavy atom. The molecule has 0 radical (unpaired) electrons. The van der Waals surface area contributed by atoms with Gasteiger partial charge in [0.25, 0.3) is 0 Å². The fraction of sp³-hybridized carbons (Fsp3) is 0.647. The second kappa shape index (κ2) is 5.05. The molecule has 1 fully saturated rings. The molecule has 1 nitrogen and oxygen atoms in total. The summed E-state index contributed by atoms with van der Waals surface area (Å²) >= 11 is 0. The SMILES string of the molecule is CCc1ccc(C(NC)C2CC2(C)C)cc1CC. The molecule has 1 aliphatic carbocycles. The van der Waals surface area contributed by atoms with E-state index in [9.17, 15) is 0 Å². The highest BCUT2D eigenvalue weighted by molar-refractivity contribution is 5.35. The Labute approximate surface area is 112 Å². The lowest BCUT2D eigenvalue weighted by atomic mass is 9.92. The molecule has 0 bridgehead atoms. The fourth-order valence-electron chi connectivity index (χ4n) is 3.19. The lowest BCUT2D eigenvalue weighted by Crippen LogP contribution is -2.20. The predicted molar refractivity (Wildman–Crippen MR) is 78.9 cm³/mol. The summed E-state index contributed by atoms with van der Waals surface area (Å²) in [5, 5.41) is 3.52. The average molecular weight is 245 g/mol. The lowest BCUT2D eigenvalue weighted by molar-refractivity contribution is 0.440. The van der Waals surface area contributed by atoms with Crippen molar-refractivity contribution in [1.82, 2.24) is 5.32 Å². The number of hydrogen-bond acceptors (Lipinski definition) is 1. The van der Waals surface area contributed by atoms with Crippen LogP contribution in [0.3, 0.4) is 0 Å². The lowest BCUT2D eigenvalue weighted by Gasteiger charge is -2.20. The van der Waals surface area contributed by atoms with Crippen LogP contribution in [-0.4, -0.2) is 7.05 Å². The zero-order chi connectivity index (χ0) is 13.3. The van der Waals surface area contributed by atoms with Crippen molar-refractivity contribution in [2.45, 2.75) is 53.0 Å². The van der Waals surface area contributed by atoms with Crippen LogP contribution in [0.15, 0.2) is 18.2 Å². The molecule has 1 heteroatoms. The first-order chi connectivity index (χ1) is 8.53. The van der Waals surface area contributed by atoms with Gasteiger partial charge in [0.2, 0.25) is 0 Å². The largest absolute Gasteiger partial charge is 0.313 e. The number of nitrogens with one attached hydrogen (secondary N) is 1. The second-order valence-corrected chi connectivity index (χ2v) is 6.30. The molecule has 1 aliphatic rings. The van der Waals surface area contributed by atoms with Gasteiger partial charge in [-0.25, -0.2) is 0 Å². The molecule has 1 aromatic rings. The van der Waals surface area contributed by atoms with Crippen LogP contribution in [0.1, 0.15) is 56.8 Å². The number of rotatable bonds is 5. The van der Waals surface area contributed by atoms with Crippen molar-refractivity contribution >= 4 is 0 Å². The van der Waals surface area contributed by atoms with Gasteiger partial charge in [-0.3, -0.25) is 0 Å². The van der Waals surface area contributed by atoms with Gasteiger partial charge in [-0.1, -0.05) is 45.9 Å². The van der Waals surface area contributed by atoms with Gasteiger partial charge in [0, 0.05) is 6.04 Å². The molecule has 1 N–H and O–H groups in total. The van der Waals surface area contributed by atoms with Gasteiger partial charge >= 0.3 is 0 Å². The first-order valence-electron chi connectivity index (χ1n) is 7.32. The number of hydrogen-bond donors (Lipinski definition) is 1. The molecule has 0 saturated heterocycles. The van der Waals surface area contributed by atoms with Crippen LogP contribution in [0.5, 0.6) is 0 Å². The molecule has 0 aromatic heterocycles. The van der Waals surface area contributed by atoms with E-state index in [1.54, 1.807) is 0 Å².